The molecule has 0 saturated carbocycles. The summed E-state index contributed by atoms with van der Waals surface area (Å²) in [7, 11) is 6.19. The van der Waals surface area contributed by atoms with Crippen molar-refractivity contribution in [2.24, 2.45) is 0 Å². The molecule has 0 aliphatic carbocycles. The average molecular weight is 302 g/mol. The van der Waals surface area contributed by atoms with Gasteiger partial charge in [0.2, 0.25) is 5.78 Å². The first-order valence-electron chi connectivity index (χ1n) is 6.82. The second kappa shape index (κ2) is 9.10. The van der Waals surface area contributed by atoms with Gasteiger partial charge in [-0.25, -0.2) is 0 Å². The normalized spacial score (nSPS) is 10.5. The molecule has 118 valence electrons. The number of benzene rings is 2. The lowest BCUT2D eigenvalue weighted by Crippen LogP contribution is -2.39. The molecule has 0 aliphatic heterocycles. The lowest BCUT2D eigenvalue weighted by molar-refractivity contribution is -0.176. The van der Waals surface area contributed by atoms with Crippen LogP contribution >= 0.6 is 0 Å². The summed E-state index contributed by atoms with van der Waals surface area (Å²) >= 11 is 0. The summed E-state index contributed by atoms with van der Waals surface area (Å²) in [6, 6.07) is 18.2. The van der Waals surface area contributed by atoms with E-state index in [-0.39, 0.29) is 5.78 Å². The fraction of sp³-hybridized carbons (Fsp3) is 0.278. The highest BCUT2D eigenvalue weighted by Gasteiger charge is 2.41. The summed E-state index contributed by atoms with van der Waals surface area (Å²) in [5.74, 6) is -1.62. The first kappa shape index (κ1) is 18.0. The van der Waals surface area contributed by atoms with Gasteiger partial charge in [-0.3, -0.25) is 4.79 Å². The molecule has 0 heterocycles. The van der Waals surface area contributed by atoms with Crippen LogP contribution in [-0.4, -0.2) is 34.2 Å². The third-order valence-electron chi connectivity index (χ3n) is 3.06. The van der Waals surface area contributed by atoms with Gasteiger partial charge in [-0.1, -0.05) is 60.7 Å². The van der Waals surface area contributed by atoms with Crippen LogP contribution < -0.4 is 0 Å². The van der Waals surface area contributed by atoms with Crippen LogP contribution in [0.3, 0.4) is 0 Å². The highest BCUT2D eigenvalue weighted by atomic mass is 16.7. The van der Waals surface area contributed by atoms with Crippen molar-refractivity contribution in [3.8, 4) is 0 Å². The molecule has 0 saturated heterocycles. The van der Waals surface area contributed by atoms with Gasteiger partial charge in [-0.2, -0.15) is 0 Å². The topological polar surface area (TPSA) is 44.8 Å². The molecule has 0 radical (unpaired) electrons. The molecule has 4 nitrogen and oxygen atoms in total. The van der Waals surface area contributed by atoms with Crippen molar-refractivity contribution in [3.05, 3.63) is 71.8 Å². The van der Waals surface area contributed by atoms with Gasteiger partial charge in [0, 0.05) is 39.6 Å². The number of ether oxygens (including phenoxy) is 3. The molecule has 4 heteroatoms. The van der Waals surface area contributed by atoms with Crippen LogP contribution in [0.2, 0.25) is 0 Å². The fourth-order valence-electron chi connectivity index (χ4n) is 2.07. The maximum absolute atomic E-state index is 12.7. The molecule has 0 spiro atoms. The smallest absolute Gasteiger partial charge is 0.260 e. The third kappa shape index (κ3) is 4.01. The summed E-state index contributed by atoms with van der Waals surface area (Å²) in [6.45, 7) is 0. The summed E-state index contributed by atoms with van der Waals surface area (Å²) in [5.41, 5.74) is 1.23. The van der Waals surface area contributed by atoms with E-state index in [1.807, 2.05) is 48.5 Å². The summed E-state index contributed by atoms with van der Waals surface area (Å²) in [4.78, 5) is 12.7. The van der Waals surface area contributed by atoms with E-state index in [0.29, 0.717) is 11.1 Å². The predicted octanol–water partition coefficient (Wildman–Crippen LogP) is 3.28. The Morgan fingerprint density at radius 3 is 1.59 bits per heavy atom. The number of hydrogen-bond acceptors (Lipinski definition) is 4. The van der Waals surface area contributed by atoms with Gasteiger partial charge in [0.25, 0.3) is 5.79 Å². The number of rotatable bonds is 5. The van der Waals surface area contributed by atoms with Crippen molar-refractivity contribution in [1.82, 2.24) is 0 Å². The first-order chi connectivity index (χ1) is 10.7. The Morgan fingerprint density at radius 1 is 0.773 bits per heavy atom. The quantitative estimate of drug-likeness (QED) is 0.628. The fourth-order valence-corrected chi connectivity index (χ4v) is 2.07. The zero-order chi connectivity index (χ0) is 16.4. The maximum atomic E-state index is 12.7. The minimum atomic E-state index is -1.40. The molecule has 22 heavy (non-hydrogen) atoms. The van der Waals surface area contributed by atoms with E-state index in [2.05, 4.69) is 4.74 Å². The van der Waals surface area contributed by atoms with Gasteiger partial charge in [0.1, 0.15) is 0 Å². The van der Waals surface area contributed by atoms with Crippen molar-refractivity contribution >= 4 is 5.78 Å². The number of carbonyl (C=O) groups is 1. The van der Waals surface area contributed by atoms with Crippen LogP contribution in [0.15, 0.2) is 60.7 Å². The third-order valence-corrected chi connectivity index (χ3v) is 3.06. The van der Waals surface area contributed by atoms with Gasteiger partial charge in [0.15, 0.2) is 0 Å². The van der Waals surface area contributed by atoms with Crippen molar-refractivity contribution in [3.63, 3.8) is 0 Å². The molecule has 2 aromatic rings. The van der Waals surface area contributed by atoms with Gasteiger partial charge in [-0.15, -0.1) is 0 Å². The van der Waals surface area contributed by atoms with Crippen molar-refractivity contribution in [1.29, 1.82) is 0 Å². The van der Waals surface area contributed by atoms with Crippen molar-refractivity contribution in [2.75, 3.05) is 28.4 Å². The number of carbonyl (C=O) groups excluding carboxylic acids is 1. The highest BCUT2D eigenvalue weighted by Crippen LogP contribution is 2.30. The lowest BCUT2D eigenvalue weighted by atomic mass is 9.96. The van der Waals surface area contributed by atoms with Crippen LogP contribution in [0.5, 0.6) is 0 Å². The van der Waals surface area contributed by atoms with Crippen LogP contribution in [0.4, 0.5) is 0 Å². The Balaban J connectivity index is 0.000000745. The number of hydrogen-bond donors (Lipinski definition) is 0. The molecular weight excluding hydrogens is 280 g/mol. The molecule has 0 amide bonds. The largest absolute Gasteiger partial charge is 0.388 e. The van der Waals surface area contributed by atoms with E-state index < -0.39 is 5.79 Å². The maximum Gasteiger partial charge on any atom is 0.260 e. The Hall–Kier alpha value is -2.01. The second-order valence-corrected chi connectivity index (χ2v) is 4.49. The molecule has 0 N–H and O–H groups in total. The molecule has 0 aliphatic rings. The highest BCUT2D eigenvalue weighted by molar-refractivity contribution is 6.02. The van der Waals surface area contributed by atoms with Crippen LogP contribution in [0.1, 0.15) is 15.9 Å². The Labute approximate surface area is 131 Å². The Bertz CT molecular complexity index is 548. The first-order valence-corrected chi connectivity index (χ1v) is 6.82. The second-order valence-electron chi connectivity index (χ2n) is 4.49. The van der Waals surface area contributed by atoms with E-state index in [1.54, 1.807) is 26.4 Å². The summed E-state index contributed by atoms with van der Waals surface area (Å²) in [5, 5.41) is 0. The minimum absolute atomic E-state index is 0.218. The molecule has 0 atom stereocenters. The van der Waals surface area contributed by atoms with Crippen LogP contribution in [0, 0.1) is 0 Å². The number of ketones is 1. The molecule has 0 unspecified atom stereocenters. The van der Waals surface area contributed by atoms with E-state index in [1.165, 1.54) is 14.2 Å². The van der Waals surface area contributed by atoms with E-state index in [9.17, 15) is 4.79 Å². The Morgan fingerprint density at radius 2 is 1.18 bits per heavy atom. The monoisotopic (exact) mass is 302 g/mol. The molecular formula is C18H22O4. The predicted molar refractivity (Wildman–Crippen MR) is 85.8 cm³/mol. The van der Waals surface area contributed by atoms with Crippen molar-refractivity contribution in [2.45, 2.75) is 5.79 Å². The van der Waals surface area contributed by atoms with E-state index in [4.69, 9.17) is 9.47 Å². The number of Topliss-reactive ketones (excluding diaryl/α,β-unsaturated/α-hetero) is 1. The Kier molecular flexibility index (Phi) is 7.46. The van der Waals surface area contributed by atoms with Gasteiger partial charge >= 0.3 is 0 Å². The van der Waals surface area contributed by atoms with Crippen LogP contribution in [0.25, 0.3) is 0 Å². The van der Waals surface area contributed by atoms with Gasteiger partial charge in [-0.05, 0) is 0 Å². The molecule has 0 fully saturated rings. The zero-order valence-corrected chi connectivity index (χ0v) is 13.4. The van der Waals surface area contributed by atoms with Gasteiger partial charge < -0.3 is 14.2 Å². The standard InChI is InChI=1S/C16H16O3.C2H6O/c1-18-16(19-2,14-11-7-4-8-12-14)15(17)13-9-5-3-6-10-13;1-3-2/h3-12H,1-2H3;1-2H3. The molecule has 2 rings (SSSR count). The zero-order valence-electron chi connectivity index (χ0n) is 13.4. The van der Waals surface area contributed by atoms with Crippen molar-refractivity contribution < 1.29 is 19.0 Å². The lowest BCUT2D eigenvalue weighted by Gasteiger charge is -2.29. The van der Waals surface area contributed by atoms with E-state index >= 15 is 0 Å². The average Bonchev–Trinajstić information content (AvgIpc) is 2.59. The molecule has 2 aromatic carbocycles. The summed E-state index contributed by atoms with van der Waals surface area (Å²) in [6.07, 6.45) is 0. The SMILES string of the molecule is COC.COC(OC)(C(=O)c1ccccc1)c1ccccc1. The summed E-state index contributed by atoms with van der Waals surface area (Å²) < 4.78 is 15.1. The molecule has 0 aromatic heterocycles. The van der Waals surface area contributed by atoms with Gasteiger partial charge in [0.05, 0.1) is 0 Å². The molecule has 0 bridgehead atoms. The minimum Gasteiger partial charge on any atom is -0.388 e. The van der Waals surface area contributed by atoms with E-state index in [0.717, 1.165) is 0 Å². The van der Waals surface area contributed by atoms with Crippen LogP contribution in [-0.2, 0) is 20.0 Å². The number of methoxy groups -OCH3 is 3.